The average Bonchev–Trinajstić information content (AvgIpc) is 2.28. The van der Waals surface area contributed by atoms with E-state index in [0.717, 1.165) is 28.8 Å². The van der Waals surface area contributed by atoms with Gasteiger partial charge in [0.2, 0.25) is 0 Å². The van der Waals surface area contributed by atoms with Crippen LogP contribution in [0.15, 0.2) is 24.3 Å². The first-order chi connectivity index (χ1) is 8.01. The van der Waals surface area contributed by atoms with E-state index in [0.29, 0.717) is 0 Å². The summed E-state index contributed by atoms with van der Waals surface area (Å²) in [7, 11) is 6.61. The van der Waals surface area contributed by atoms with Crippen molar-refractivity contribution in [2.24, 2.45) is 0 Å². The highest BCUT2D eigenvalue weighted by Gasteiger charge is 2.05. The predicted molar refractivity (Wildman–Crippen MR) is 76.7 cm³/mol. The third-order valence-electron chi connectivity index (χ3n) is 2.60. The molecule has 0 bridgehead atoms. The molecule has 104 valence electrons. The summed E-state index contributed by atoms with van der Waals surface area (Å²) < 4.78 is 6.64. The van der Waals surface area contributed by atoms with Gasteiger partial charge < -0.3 is 14.3 Å². The molecule has 0 aliphatic heterocycles. The molecule has 0 saturated heterocycles. The smallest absolute Gasteiger partial charge is 0.119 e. The Bertz CT molecular complexity index is 314. The third-order valence-corrected chi connectivity index (χ3v) is 2.60. The second-order valence-corrected chi connectivity index (χ2v) is 5.37. The van der Waals surface area contributed by atoms with Crippen LogP contribution in [0, 0.1) is 0 Å². The maximum Gasteiger partial charge on any atom is 0.119 e. The molecule has 1 rings (SSSR count). The lowest BCUT2D eigenvalue weighted by atomic mass is 10.2. The van der Waals surface area contributed by atoms with E-state index in [-0.39, 0.29) is 14.0 Å². The fraction of sp³-hybridized carbons (Fsp3) is 0.600. The Labute approximate surface area is 112 Å². The second-order valence-electron chi connectivity index (χ2n) is 5.37. The lowest BCUT2D eigenvalue weighted by molar-refractivity contribution is -0.870. The molecule has 0 aliphatic carbocycles. The van der Waals surface area contributed by atoms with Crippen LogP contribution in [0.3, 0.4) is 0 Å². The Morgan fingerprint density at radius 1 is 1.06 bits per heavy atom. The number of aliphatic hydroxyl groups is 1. The summed E-state index contributed by atoms with van der Waals surface area (Å²) in [6, 6.07) is 7.60. The van der Waals surface area contributed by atoms with E-state index in [4.69, 9.17) is 9.84 Å². The molecule has 0 atom stereocenters. The zero-order chi connectivity index (χ0) is 12.7. The van der Waals surface area contributed by atoms with Gasteiger partial charge in [0.05, 0.1) is 40.9 Å². The van der Waals surface area contributed by atoms with Crippen LogP contribution in [-0.2, 0) is 6.61 Å². The molecule has 3 nitrogen and oxygen atoms in total. The number of aliphatic hydroxyl groups excluding tert-OH is 1. The summed E-state index contributed by atoms with van der Waals surface area (Å²) in [5.41, 5.74) is 0.919. The number of hydrogen-bond donors (Lipinski definition) is 1. The van der Waals surface area contributed by atoms with Crippen molar-refractivity contribution in [1.82, 2.24) is 0 Å². The summed E-state index contributed by atoms with van der Waals surface area (Å²) in [5.74, 6) is 0.882. The van der Waals surface area contributed by atoms with Crippen LogP contribution in [0.5, 0.6) is 5.75 Å². The van der Waals surface area contributed by atoms with Gasteiger partial charge in [-0.25, -0.2) is 0 Å². The van der Waals surface area contributed by atoms with E-state index in [1.54, 1.807) is 0 Å². The summed E-state index contributed by atoms with van der Waals surface area (Å²) in [5, 5.41) is 8.91. The molecular formula is C15H28NO2+. The van der Waals surface area contributed by atoms with Crippen molar-refractivity contribution in [3.05, 3.63) is 29.8 Å². The Balaban J connectivity index is 0.00000289. The topological polar surface area (TPSA) is 29.5 Å². The first kappa shape index (κ1) is 16.9. The number of quaternary nitrogens is 1. The largest absolute Gasteiger partial charge is 0.494 e. The normalized spacial score (nSPS) is 10.9. The van der Waals surface area contributed by atoms with Crippen LogP contribution in [0.2, 0.25) is 0 Å². The number of rotatable bonds is 7. The second kappa shape index (κ2) is 8.11. The van der Waals surface area contributed by atoms with Crippen LogP contribution in [0.25, 0.3) is 0 Å². The zero-order valence-electron chi connectivity index (χ0n) is 11.1. The van der Waals surface area contributed by atoms with Crippen LogP contribution in [-0.4, -0.2) is 43.9 Å². The molecule has 1 aromatic carbocycles. The van der Waals surface area contributed by atoms with Crippen molar-refractivity contribution >= 4 is 0 Å². The third kappa shape index (κ3) is 7.30. The van der Waals surface area contributed by atoms with Crippen molar-refractivity contribution in [3.8, 4) is 5.75 Å². The molecule has 0 aromatic heterocycles. The first-order valence-electron chi connectivity index (χ1n) is 6.14. The summed E-state index contributed by atoms with van der Waals surface area (Å²) in [6.07, 6.45) is 2.26. The minimum absolute atomic E-state index is 0. The highest BCUT2D eigenvalue weighted by atomic mass is 16.5. The lowest BCUT2D eigenvalue weighted by Gasteiger charge is -2.23. The molecular weight excluding hydrogens is 226 g/mol. The van der Waals surface area contributed by atoms with Gasteiger partial charge >= 0.3 is 0 Å². The summed E-state index contributed by atoms with van der Waals surface area (Å²) >= 11 is 0. The molecule has 18 heavy (non-hydrogen) atoms. The molecule has 0 fully saturated rings. The summed E-state index contributed by atoms with van der Waals surface area (Å²) in [6.45, 7) is 2.02. The molecule has 0 radical (unpaired) electrons. The van der Waals surface area contributed by atoms with Crippen molar-refractivity contribution in [3.63, 3.8) is 0 Å². The standard InChI is InChI=1S/C14H24NO2.CH4/c1-15(2,3)10-4-5-11-17-14-8-6-13(12-16)7-9-14;/h6-9,16H,4-5,10-12H2,1-3H3;1H4/q+1;. The minimum Gasteiger partial charge on any atom is -0.494 e. The monoisotopic (exact) mass is 254 g/mol. The van der Waals surface area contributed by atoms with Crippen LogP contribution in [0.1, 0.15) is 25.8 Å². The number of unbranched alkanes of at least 4 members (excludes halogenated alkanes) is 1. The Morgan fingerprint density at radius 2 is 1.67 bits per heavy atom. The molecule has 0 amide bonds. The average molecular weight is 254 g/mol. The number of ether oxygens (including phenoxy) is 1. The van der Waals surface area contributed by atoms with Gasteiger partial charge in [-0.05, 0) is 30.5 Å². The Kier molecular flexibility index (Phi) is 7.64. The lowest BCUT2D eigenvalue weighted by Crippen LogP contribution is -2.35. The number of benzene rings is 1. The molecule has 3 heteroatoms. The number of nitrogens with zero attached hydrogens (tertiary/aromatic N) is 1. The van der Waals surface area contributed by atoms with Gasteiger partial charge in [0, 0.05) is 0 Å². The van der Waals surface area contributed by atoms with Crippen molar-refractivity contribution < 1.29 is 14.3 Å². The highest BCUT2D eigenvalue weighted by molar-refractivity contribution is 5.26. The van der Waals surface area contributed by atoms with Gasteiger partial charge in [0.1, 0.15) is 5.75 Å². The van der Waals surface area contributed by atoms with Crippen molar-refractivity contribution in [2.45, 2.75) is 26.9 Å². The van der Waals surface area contributed by atoms with Crippen molar-refractivity contribution in [2.75, 3.05) is 34.3 Å². The van der Waals surface area contributed by atoms with E-state index >= 15 is 0 Å². The van der Waals surface area contributed by atoms with Crippen LogP contribution >= 0.6 is 0 Å². The van der Waals surface area contributed by atoms with Gasteiger partial charge in [-0.3, -0.25) is 0 Å². The zero-order valence-corrected chi connectivity index (χ0v) is 11.1. The fourth-order valence-corrected chi connectivity index (χ4v) is 1.57. The molecule has 0 heterocycles. The van der Waals surface area contributed by atoms with Gasteiger partial charge in [0.15, 0.2) is 0 Å². The minimum atomic E-state index is 0. The van der Waals surface area contributed by atoms with E-state index in [1.165, 1.54) is 13.0 Å². The molecule has 0 unspecified atom stereocenters. The van der Waals surface area contributed by atoms with Crippen LogP contribution in [0.4, 0.5) is 0 Å². The van der Waals surface area contributed by atoms with E-state index in [2.05, 4.69) is 21.1 Å². The SMILES string of the molecule is C.C[N+](C)(C)CCCCOc1ccc(CO)cc1. The molecule has 1 aromatic rings. The van der Waals surface area contributed by atoms with E-state index in [1.807, 2.05) is 24.3 Å². The summed E-state index contributed by atoms with van der Waals surface area (Å²) in [4.78, 5) is 0. The van der Waals surface area contributed by atoms with Gasteiger partial charge in [-0.1, -0.05) is 19.6 Å². The maximum absolute atomic E-state index is 8.91. The van der Waals surface area contributed by atoms with Crippen LogP contribution < -0.4 is 4.74 Å². The van der Waals surface area contributed by atoms with Gasteiger partial charge in [-0.15, -0.1) is 0 Å². The van der Waals surface area contributed by atoms with E-state index in [9.17, 15) is 0 Å². The maximum atomic E-state index is 8.91. The van der Waals surface area contributed by atoms with Gasteiger partial charge in [-0.2, -0.15) is 0 Å². The fourth-order valence-electron chi connectivity index (χ4n) is 1.57. The number of hydrogen-bond acceptors (Lipinski definition) is 2. The first-order valence-corrected chi connectivity index (χ1v) is 6.14. The molecule has 0 spiro atoms. The molecule has 1 N–H and O–H groups in total. The Morgan fingerprint density at radius 3 is 2.17 bits per heavy atom. The van der Waals surface area contributed by atoms with Crippen molar-refractivity contribution in [1.29, 1.82) is 0 Å². The van der Waals surface area contributed by atoms with Gasteiger partial charge in [0.25, 0.3) is 0 Å². The quantitative estimate of drug-likeness (QED) is 0.599. The predicted octanol–water partition coefficient (Wildman–Crippen LogP) is 2.68. The molecule has 0 saturated carbocycles. The van der Waals surface area contributed by atoms with E-state index < -0.39 is 0 Å². The molecule has 0 aliphatic rings. The highest BCUT2D eigenvalue weighted by Crippen LogP contribution is 2.12. The Hall–Kier alpha value is -1.06.